The van der Waals surface area contributed by atoms with Crippen LogP contribution in [-0.2, 0) is 15.8 Å². The second-order valence-corrected chi connectivity index (χ2v) is 7.61. The Bertz CT molecular complexity index is 1440. The van der Waals surface area contributed by atoms with E-state index >= 15 is 0 Å². The summed E-state index contributed by atoms with van der Waals surface area (Å²) < 4.78 is 81.3. The Hall–Kier alpha value is -4.60. The molecule has 2 aromatic carbocycles. The highest BCUT2D eigenvalue weighted by molar-refractivity contribution is 6.31. The van der Waals surface area contributed by atoms with Gasteiger partial charge in [0.2, 0.25) is 11.8 Å². The first-order valence-corrected chi connectivity index (χ1v) is 10.5. The third-order valence-electron chi connectivity index (χ3n) is 4.46. The molecule has 0 aliphatic carbocycles. The maximum Gasteiger partial charge on any atom is 0.493 e. The molecule has 17 heteroatoms. The quantitative estimate of drug-likeness (QED) is 0.187. The maximum atomic E-state index is 13.1. The molecule has 0 atom stereocenters. The van der Waals surface area contributed by atoms with Gasteiger partial charge in [-0.3, -0.25) is 5.10 Å². The van der Waals surface area contributed by atoms with Crippen LogP contribution in [0.15, 0.2) is 54.6 Å². The predicted octanol–water partition coefficient (Wildman–Crippen LogP) is 5.90. The normalized spacial score (nSPS) is 11.7. The van der Waals surface area contributed by atoms with Crippen molar-refractivity contribution < 1.29 is 40.7 Å². The first-order chi connectivity index (χ1) is 17.9. The summed E-state index contributed by atoms with van der Waals surface area (Å²) >= 11 is 5.63. The minimum absolute atomic E-state index is 0.0121. The van der Waals surface area contributed by atoms with Crippen LogP contribution in [0, 0.1) is 0 Å². The summed E-state index contributed by atoms with van der Waals surface area (Å²) in [5.74, 6) is -2.28. The van der Waals surface area contributed by atoms with Crippen LogP contribution in [0.2, 0.25) is 5.02 Å². The summed E-state index contributed by atoms with van der Waals surface area (Å²) in [6.45, 7) is 0. The molecule has 4 aromatic rings. The van der Waals surface area contributed by atoms with E-state index in [0.717, 1.165) is 18.2 Å². The maximum absolute atomic E-state index is 13.1. The Morgan fingerprint density at radius 2 is 1.76 bits per heavy atom. The second-order valence-electron chi connectivity index (χ2n) is 7.20. The van der Waals surface area contributed by atoms with Crippen molar-refractivity contribution in [3.8, 4) is 23.0 Å². The predicted molar refractivity (Wildman–Crippen MR) is 119 cm³/mol. The molecule has 2 heterocycles. The van der Waals surface area contributed by atoms with E-state index in [1.807, 2.05) is 0 Å². The number of hydrogen-bond acceptors (Lipinski definition) is 9. The van der Waals surface area contributed by atoms with E-state index in [2.05, 4.69) is 35.5 Å². The molecule has 3 N–H and O–H groups in total. The lowest BCUT2D eigenvalue weighted by Crippen LogP contribution is -2.27. The van der Waals surface area contributed by atoms with Crippen molar-refractivity contribution in [3.05, 3.63) is 65.2 Å². The van der Waals surface area contributed by atoms with E-state index in [-0.39, 0.29) is 34.9 Å². The fourth-order valence-electron chi connectivity index (χ4n) is 2.81. The Morgan fingerprint density at radius 1 is 0.974 bits per heavy atom. The van der Waals surface area contributed by atoms with Crippen LogP contribution >= 0.6 is 11.6 Å². The van der Waals surface area contributed by atoms with Gasteiger partial charge < -0.3 is 14.9 Å². The topological polar surface area (TPSA) is 127 Å². The summed E-state index contributed by atoms with van der Waals surface area (Å²) in [7, 11) is 0. The van der Waals surface area contributed by atoms with Gasteiger partial charge in [0.25, 0.3) is 0 Å². The number of carbonyl (C=O) groups is 1. The summed E-state index contributed by atoms with van der Waals surface area (Å²) in [5.41, 5.74) is 1.25. The largest absolute Gasteiger partial charge is 0.493 e. The molecule has 0 bridgehead atoms. The first kappa shape index (κ1) is 26.5. The van der Waals surface area contributed by atoms with E-state index in [4.69, 9.17) is 16.3 Å². The van der Waals surface area contributed by atoms with Crippen molar-refractivity contribution in [1.82, 2.24) is 25.4 Å². The van der Waals surface area contributed by atoms with Gasteiger partial charge in [0.1, 0.15) is 5.75 Å². The highest BCUT2D eigenvalue weighted by atomic mass is 35.5. The highest BCUT2D eigenvalue weighted by Gasteiger charge is 2.41. The monoisotopic (exact) mass is 559 g/mol. The van der Waals surface area contributed by atoms with E-state index in [1.165, 1.54) is 18.2 Å². The number of rotatable bonds is 7. The summed E-state index contributed by atoms with van der Waals surface area (Å²) in [6.07, 6.45) is -9.82. The Morgan fingerprint density at radius 3 is 2.45 bits per heavy atom. The van der Waals surface area contributed by atoms with Crippen LogP contribution in [0.1, 0.15) is 5.56 Å². The van der Waals surface area contributed by atoms with Crippen LogP contribution in [0.5, 0.6) is 11.6 Å². The molecule has 10 nitrogen and oxygen atoms in total. The number of aromatic amines is 1. The highest BCUT2D eigenvalue weighted by Crippen LogP contribution is 2.36. The van der Waals surface area contributed by atoms with E-state index in [9.17, 15) is 31.1 Å². The molecule has 4 rings (SSSR count). The van der Waals surface area contributed by atoms with E-state index in [1.54, 1.807) is 23.7 Å². The van der Waals surface area contributed by atoms with Gasteiger partial charge in [-0.2, -0.15) is 36.8 Å². The first-order valence-electron chi connectivity index (χ1n) is 10.1. The van der Waals surface area contributed by atoms with Gasteiger partial charge in [-0.05, 0) is 36.4 Å². The average molecular weight is 560 g/mol. The fourth-order valence-corrected chi connectivity index (χ4v) is 3.03. The zero-order valence-electron chi connectivity index (χ0n) is 18.4. The third kappa shape index (κ3) is 6.58. The molecule has 0 fully saturated rings. The SMILES string of the molecule is O=C(ONc1ccc(Oc2cccc(-c3nc(Nc4ccc(Cl)c(C(F)(F)F)c4)n[nH]3)c2)nn1)C(F)(F)F. The summed E-state index contributed by atoms with van der Waals surface area (Å²) in [6, 6.07) is 12.0. The lowest BCUT2D eigenvalue weighted by atomic mass is 10.2. The van der Waals surface area contributed by atoms with Crippen molar-refractivity contribution in [3.63, 3.8) is 0 Å². The van der Waals surface area contributed by atoms with Crippen molar-refractivity contribution >= 4 is 35.0 Å². The number of nitrogens with one attached hydrogen (secondary N) is 3. The zero-order chi connectivity index (χ0) is 27.5. The number of carbonyl (C=O) groups excluding carboxylic acids is 1. The minimum Gasteiger partial charge on any atom is -0.437 e. The molecule has 0 aliphatic rings. The second kappa shape index (κ2) is 10.4. The third-order valence-corrected chi connectivity index (χ3v) is 4.79. The van der Waals surface area contributed by atoms with Crippen LogP contribution in [0.4, 0.5) is 43.8 Å². The molecule has 0 aliphatic heterocycles. The van der Waals surface area contributed by atoms with Gasteiger partial charge in [0, 0.05) is 17.3 Å². The molecule has 0 unspecified atom stereocenters. The number of H-pyrrole nitrogens is 1. The van der Waals surface area contributed by atoms with Crippen molar-refractivity contribution in [2.24, 2.45) is 0 Å². The van der Waals surface area contributed by atoms with E-state index < -0.39 is 28.9 Å². The Balaban J connectivity index is 1.41. The molecule has 0 radical (unpaired) electrons. The molecule has 38 heavy (non-hydrogen) atoms. The number of nitrogens with zero attached hydrogens (tertiary/aromatic N) is 4. The summed E-state index contributed by atoms with van der Waals surface area (Å²) in [4.78, 5) is 18.7. The average Bonchev–Trinajstić information content (AvgIpc) is 3.32. The number of hydrogen-bond donors (Lipinski definition) is 3. The molecule has 0 amide bonds. The number of halogens is 7. The van der Waals surface area contributed by atoms with E-state index in [0.29, 0.717) is 5.56 Å². The number of aromatic nitrogens is 5. The van der Waals surface area contributed by atoms with Gasteiger partial charge in [0.05, 0.1) is 10.6 Å². The molecular weight excluding hydrogens is 548 g/mol. The van der Waals surface area contributed by atoms with Gasteiger partial charge in [-0.25, -0.2) is 4.79 Å². The smallest absolute Gasteiger partial charge is 0.437 e. The molecule has 0 saturated heterocycles. The van der Waals surface area contributed by atoms with Crippen LogP contribution < -0.4 is 15.5 Å². The molecule has 2 aromatic heterocycles. The van der Waals surface area contributed by atoms with Gasteiger partial charge in [-0.1, -0.05) is 23.7 Å². The number of alkyl halides is 6. The van der Waals surface area contributed by atoms with Gasteiger partial charge in [-0.15, -0.1) is 15.3 Å². The van der Waals surface area contributed by atoms with Crippen LogP contribution in [0.3, 0.4) is 0 Å². The molecule has 0 spiro atoms. The molecule has 0 saturated carbocycles. The lowest BCUT2D eigenvalue weighted by molar-refractivity contribution is -0.196. The Labute approximate surface area is 212 Å². The summed E-state index contributed by atoms with van der Waals surface area (Å²) in [5, 5.41) is 16.0. The number of benzene rings is 2. The van der Waals surface area contributed by atoms with Gasteiger partial charge >= 0.3 is 18.3 Å². The van der Waals surface area contributed by atoms with Crippen molar-refractivity contribution in [2.75, 3.05) is 10.8 Å². The lowest BCUT2D eigenvalue weighted by Gasteiger charge is -2.10. The fraction of sp³-hybridized carbons (Fsp3) is 0.0952. The molecule has 198 valence electrons. The Kier molecular flexibility index (Phi) is 7.25. The van der Waals surface area contributed by atoms with Gasteiger partial charge in [0.15, 0.2) is 11.6 Å². The number of anilines is 3. The van der Waals surface area contributed by atoms with Crippen LogP contribution in [-0.4, -0.2) is 37.5 Å². The minimum atomic E-state index is -5.18. The van der Waals surface area contributed by atoms with Crippen LogP contribution in [0.25, 0.3) is 11.4 Å². The van der Waals surface area contributed by atoms with Crippen molar-refractivity contribution in [1.29, 1.82) is 0 Å². The zero-order valence-corrected chi connectivity index (χ0v) is 19.1. The standard InChI is InChI=1S/C21H12ClF6N7O3/c22-14-5-4-11(9-13(14)20(23,24)25)29-19-30-17(33-34-19)10-2-1-3-12(8-10)37-16-7-6-15(31-32-16)35-38-18(36)21(26,27)28/h1-9H,(H,31,35)(H2,29,30,33,34). The molecular formula is C21H12ClF6N7O3. The van der Waals surface area contributed by atoms with Crippen molar-refractivity contribution in [2.45, 2.75) is 12.4 Å². The number of ether oxygens (including phenoxy) is 1.